The van der Waals surface area contributed by atoms with E-state index in [-0.39, 0.29) is 11.3 Å². The third kappa shape index (κ3) is 4.52. The lowest BCUT2D eigenvalue weighted by Gasteiger charge is -2.26. The van der Waals surface area contributed by atoms with Crippen molar-refractivity contribution >= 4 is 29.6 Å². The average Bonchev–Trinajstić information content (AvgIpc) is 2.79. The minimum atomic E-state index is -1.01. The molecule has 0 bridgehead atoms. The first-order chi connectivity index (χ1) is 15.8. The number of carbonyl (C=O) groups is 3. The highest BCUT2D eigenvalue weighted by Gasteiger charge is 2.38. The number of nitrogens with zero attached hydrogens (tertiary/aromatic N) is 1. The molecule has 0 atom stereocenters. The lowest BCUT2D eigenvalue weighted by Crippen LogP contribution is -2.54. The van der Waals surface area contributed by atoms with Gasteiger partial charge in [-0.1, -0.05) is 48.5 Å². The summed E-state index contributed by atoms with van der Waals surface area (Å²) >= 11 is 0. The van der Waals surface area contributed by atoms with Gasteiger partial charge in [-0.15, -0.1) is 0 Å². The predicted octanol–water partition coefficient (Wildman–Crippen LogP) is 4.69. The first-order valence-electron chi connectivity index (χ1n) is 10.3. The summed E-state index contributed by atoms with van der Waals surface area (Å²) in [6.07, 6.45) is 1.34. The number of rotatable bonds is 5. The number of hydrogen-bond acceptors (Lipinski definition) is 4. The van der Waals surface area contributed by atoms with Crippen LogP contribution in [0.3, 0.4) is 0 Å². The Balaban J connectivity index is 1.64. The Morgan fingerprint density at radius 3 is 2.42 bits per heavy atom. The van der Waals surface area contributed by atoms with Crippen LogP contribution in [0, 0.1) is 19.7 Å². The van der Waals surface area contributed by atoms with Crippen molar-refractivity contribution in [1.82, 2.24) is 5.32 Å². The van der Waals surface area contributed by atoms with Crippen LogP contribution in [0.5, 0.6) is 5.75 Å². The summed E-state index contributed by atoms with van der Waals surface area (Å²) in [6.45, 7) is 4.34. The molecule has 1 N–H and O–H groups in total. The molecular weight excluding hydrogens is 423 g/mol. The van der Waals surface area contributed by atoms with Crippen LogP contribution in [-0.2, 0) is 16.2 Å². The molecule has 0 radical (unpaired) electrons. The van der Waals surface area contributed by atoms with E-state index in [9.17, 15) is 18.8 Å². The smallest absolute Gasteiger partial charge is 0.336 e. The van der Waals surface area contributed by atoms with Crippen LogP contribution in [0.2, 0.25) is 0 Å². The average molecular weight is 444 g/mol. The van der Waals surface area contributed by atoms with E-state index in [4.69, 9.17) is 4.74 Å². The standard InChI is InChI=1S/C26H21FN2O4/c1-16-11-12-18(13-17(16)2)15-33-23-10-6-3-7-19(23)14-20-24(30)28-26(32)29(25(20)31)22-9-5-4-8-21(22)27/h3-14H,15H2,1-2H3,(H,28,30,32)/b20-14-. The number of halogens is 1. The Morgan fingerprint density at radius 2 is 1.67 bits per heavy atom. The number of carbonyl (C=O) groups excluding carboxylic acids is 3. The number of anilines is 1. The minimum absolute atomic E-state index is 0.238. The molecule has 1 heterocycles. The van der Waals surface area contributed by atoms with Crippen LogP contribution in [-0.4, -0.2) is 17.8 Å². The van der Waals surface area contributed by atoms with Gasteiger partial charge in [-0.05, 0) is 54.8 Å². The topological polar surface area (TPSA) is 75.7 Å². The maximum Gasteiger partial charge on any atom is 0.336 e. The minimum Gasteiger partial charge on any atom is -0.488 e. The van der Waals surface area contributed by atoms with E-state index >= 15 is 0 Å². The number of amides is 4. The Kier molecular flexibility index (Phi) is 6.04. The van der Waals surface area contributed by atoms with Crippen molar-refractivity contribution in [2.45, 2.75) is 20.5 Å². The maximum absolute atomic E-state index is 14.3. The van der Waals surface area contributed by atoms with Crippen LogP contribution in [0.25, 0.3) is 6.08 Å². The van der Waals surface area contributed by atoms with E-state index < -0.39 is 23.7 Å². The zero-order chi connectivity index (χ0) is 23.5. The van der Waals surface area contributed by atoms with Crippen molar-refractivity contribution in [3.63, 3.8) is 0 Å². The molecule has 4 rings (SSSR count). The Bertz CT molecular complexity index is 1300. The Labute approximate surface area is 190 Å². The van der Waals surface area contributed by atoms with Gasteiger partial charge < -0.3 is 4.74 Å². The third-order valence-electron chi connectivity index (χ3n) is 5.38. The monoisotopic (exact) mass is 444 g/mol. The summed E-state index contributed by atoms with van der Waals surface area (Å²) in [6, 6.07) is 17.3. The van der Waals surface area contributed by atoms with E-state index in [1.54, 1.807) is 24.3 Å². The van der Waals surface area contributed by atoms with Crippen LogP contribution < -0.4 is 15.0 Å². The predicted molar refractivity (Wildman–Crippen MR) is 122 cm³/mol. The molecule has 0 saturated carbocycles. The summed E-state index contributed by atoms with van der Waals surface area (Å²) in [4.78, 5) is 38.4. The number of barbiturate groups is 1. The lowest BCUT2D eigenvalue weighted by atomic mass is 10.1. The van der Waals surface area contributed by atoms with Gasteiger partial charge in [0.25, 0.3) is 11.8 Å². The largest absolute Gasteiger partial charge is 0.488 e. The SMILES string of the molecule is Cc1ccc(COc2ccccc2/C=C2/C(=O)NC(=O)N(c3ccccc3F)C2=O)cc1C. The molecule has 4 amide bonds. The lowest BCUT2D eigenvalue weighted by molar-refractivity contribution is -0.122. The van der Waals surface area contributed by atoms with E-state index in [0.29, 0.717) is 22.8 Å². The van der Waals surface area contributed by atoms with Crippen LogP contribution >= 0.6 is 0 Å². The van der Waals surface area contributed by atoms with Gasteiger partial charge in [0.05, 0.1) is 5.69 Å². The Morgan fingerprint density at radius 1 is 0.939 bits per heavy atom. The number of para-hydroxylation sites is 2. The van der Waals surface area contributed by atoms with Crippen molar-refractivity contribution in [2.24, 2.45) is 0 Å². The molecule has 0 aliphatic carbocycles. The number of hydrogen-bond donors (Lipinski definition) is 1. The van der Waals surface area contributed by atoms with Crippen molar-refractivity contribution < 1.29 is 23.5 Å². The fourth-order valence-corrected chi connectivity index (χ4v) is 3.45. The normalized spacial score (nSPS) is 15.1. The molecule has 1 saturated heterocycles. The highest BCUT2D eigenvalue weighted by atomic mass is 19.1. The first-order valence-corrected chi connectivity index (χ1v) is 10.3. The van der Waals surface area contributed by atoms with Crippen LogP contribution in [0.1, 0.15) is 22.3 Å². The maximum atomic E-state index is 14.3. The number of imide groups is 2. The van der Waals surface area contributed by atoms with Gasteiger partial charge in [-0.2, -0.15) is 0 Å². The number of benzene rings is 3. The molecule has 0 aromatic heterocycles. The molecular formula is C26H21FN2O4. The van der Waals surface area contributed by atoms with E-state index in [2.05, 4.69) is 5.32 Å². The highest BCUT2D eigenvalue weighted by molar-refractivity contribution is 6.39. The summed E-state index contributed by atoms with van der Waals surface area (Å²) in [5.41, 5.74) is 3.23. The molecule has 1 aliphatic heterocycles. The van der Waals surface area contributed by atoms with Crippen molar-refractivity contribution in [3.8, 4) is 5.75 Å². The van der Waals surface area contributed by atoms with Gasteiger partial charge in [0.15, 0.2) is 0 Å². The zero-order valence-electron chi connectivity index (χ0n) is 18.1. The van der Waals surface area contributed by atoms with E-state index in [1.807, 2.05) is 32.0 Å². The van der Waals surface area contributed by atoms with Gasteiger partial charge in [0.2, 0.25) is 0 Å². The second-order valence-electron chi connectivity index (χ2n) is 7.65. The first kappa shape index (κ1) is 22.0. The number of aryl methyl sites for hydroxylation is 2. The van der Waals surface area contributed by atoms with Gasteiger partial charge in [0.1, 0.15) is 23.7 Å². The van der Waals surface area contributed by atoms with Crippen molar-refractivity contribution in [3.05, 3.63) is 100 Å². The van der Waals surface area contributed by atoms with Gasteiger partial charge in [-0.25, -0.2) is 14.1 Å². The number of urea groups is 1. The summed E-state index contributed by atoms with van der Waals surface area (Å²) in [5.74, 6) is -2.08. The molecule has 166 valence electrons. The van der Waals surface area contributed by atoms with Crippen LogP contribution in [0.4, 0.5) is 14.9 Å². The summed E-state index contributed by atoms with van der Waals surface area (Å²) < 4.78 is 20.2. The second-order valence-corrected chi connectivity index (χ2v) is 7.65. The van der Waals surface area contributed by atoms with Crippen LogP contribution in [0.15, 0.2) is 72.3 Å². The quantitative estimate of drug-likeness (QED) is 0.458. The van der Waals surface area contributed by atoms with Gasteiger partial charge >= 0.3 is 6.03 Å². The Hall–Kier alpha value is -4.26. The molecule has 33 heavy (non-hydrogen) atoms. The van der Waals surface area contributed by atoms with E-state index in [1.165, 1.54) is 29.8 Å². The molecule has 3 aromatic carbocycles. The molecule has 6 nitrogen and oxygen atoms in total. The zero-order valence-corrected chi connectivity index (χ0v) is 18.1. The molecule has 3 aromatic rings. The number of ether oxygens (including phenoxy) is 1. The molecule has 7 heteroatoms. The molecule has 1 aliphatic rings. The molecule has 0 spiro atoms. The van der Waals surface area contributed by atoms with E-state index in [0.717, 1.165) is 17.2 Å². The fraction of sp³-hybridized carbons (Fsp3) is 0.115. The summed E-state index contributed by atoms with van der Waals surface area (Å²) in [7, 11) is 0. The highest BCUT2D eigenvalue weighted by Crippen LogP contribution is 2.27. The summed E-state index contributed by atoms with van der Waals surface area (Å²) in [5, 5.41) is 2.10. The fourth-order valence-electron chi connectivity index (χ4n) is 3.45. The molecule has 1 fully saturated rings. The second kappa shape index (κ2) is 9.08. The number of nitrogens with one attached hydrogen (secondary N) is 1. The van der Waals surface area contributed by atoms with Gasteiger partial charge in [-0.3, -0.25) is 14.9 Å². The van der Waals surface area contributed by atoms with Gasteiger partial charge in [0, 0.05) is 5.56 Å². The van der Waals surface area contributed by atoms with Crippen molar-refractivity contribution in [2.75, 3.05) is 4.90 Å². The molecule has 0 unspecified atom stereocenters. The third-order valence-corrected chi connectivity index (χ3v) is 5.38. The van der Waals surface area contributed by atoms with Crippen molar-refractivity contribution in [1.29, 1.82) is 0 Å².